The van der Waals surface area contributed by atoms with E-state index >= 15 is 0 Å². The van der Waals surface area contributed by atoms with Crippen LogP contribution in [-0.2, 0) is 4.79 Å². The lowest BCUT2D eigenvalue weighted by Crippen LogP contribution is -2.29. The SMILES string of the molecule is CC(C)(CCC(=O)O)Oc1ccccc1Br. The van der Waals surface area contributed by atoms with Crippen molar-refractivity contribution in [3.05, 3.63) is 28.7 Å². The summed E-state index contributed by atoms with van der Waals surface area (Å²) in [7, 11) is 0. The van der Waals surface area contributed by atoms with Crippen LogP contribution in [0.4, 0.5) is 0 Å². The fourth-order valence-electron chi connectivity index (χ4n) is 1.28. The Labute approximate surface area is 104 Å². The first-order valence-electron chi connectivity index (χ1n) is 5.06. The first-order valence-corrected chi connectivity index (χ1v) is 5.85. The van der Waals surface area contributed by atoms with Crippen LogP contribution in [-0.4, -0.2) is 16.7 Å². The number of hydrogen-bond acceptors (Lipinski definition) is 2. The van der Waals surface area contributed by atoms with Crippen molar-refractivity contribution in [1.82, 2.24) is 0 Å². The van der Waals surface area contributed by atoms with Gasteiger partial charge in [-0.3, -0.25) is 4.79 Å². The molecular weight excluding hydrogens is 272 g/mol. The molecule has 0 atom stereocenters. The Morgan fingerprint density at radius 2 is 2.06 bits per heavy atom. The molecule has 0 heterocycles. The molecule has 1 rings (SSSR count). The molecule has 1 N–H and O–H groups in total. The molecule has 0 bridgehead atoms. The first-order chi connectivity index (χ1) is 7.41. The lowest BCUT2D eigenvalue weighted by Gasteiger charge is -2.26. The second-order valence-corrected chi connectivity index (χ2v) is 5.04. The van der Waals surface area contributed by atoms with Gasteiger partial charge in [0.2, 0.25) is 0 Å². The average Bonchev–Trinajstić information content (AvgIpc) is 2.19. The van der Waals surface area contributed by atoms with Gasteiger partial charge in [-0.05, 0) is 48.3 Å². The Hall–Kier alpha value is -1.03. The number of para-hydroxylation sites is 1. The zero-order valence-electron chi connectivity index (χ0n) is 9.37. The fraction of sp³-hybridized carbons (Fsp3) is 0.417. The van der Waals surface area contributed by atoms with Crippen molar-refractivity contribution in [3.63, 3.8) is 0 Å². The third kappa shape index (κ3) is 4.23. The van der Waals surface area contributed by atoms with E-state index in [1.54, 1.807) is 0 Å². The lowest BCUT2D eigenvalue weighted by atomic mass is 10.0. The molecule has 1 aromatic carbocycles. The molecule has 0 saturated heterocycles. The van der Waals surface area contributed by atoms with E-state index in [2.05, 4.69) is 15.9 Å². The molecule has 16 heavy (non-hydrogen) atoms. The molecule has 0 aliphatic carbocycles. The number of aliphatic carboxylic acids is 1. The normalized spacial score (nSPS) is 11.2. The average molecular weight is 287 g/mol. The molecule has 4 heteroatoms. The molecule has 0 saturated carbocycles. The number of benzene rings is 1. The molecule has 3 nitrogen and oxygen atoms in total. The van der Waals surface area contributed by atoms with Crippen LogP contribution in [0.25, 0.3) is 0 Å². The summed E-state index contributed by atoms with van der Waals surface area (Å²) in [5.41, 5.74) is -0.484. The number of hydrogen-bond donors (Lipinski definition) is 1. The Kier molecular flexibility index (Phi) is 4.35. The van der Waals surface area contributed by atoms with Crippen LogP contribution in [0.15, 0.2) is 28.7 Å². The number of carboxylic acids is 1. The van der Waals surface area contributed by atoms with E-state index in [9.17, 15) is 4.79 Å². The Balaban J connectivity index is 2.65. The molecular formula is C12H15BrO3. The van der Waals surface area contributed by atoms with E-state index in [1.165, 1.54) is 0 Å². The molecule has 0 spiro atoms. The van der Waals surface area contributed by atoms with Gasteiger partial charge in [-0.15, -0.1) is 0 Å². The third-order valence-corrected chi connectivity index (χ3v) is 2.82. The van der Waals surface area contributed by atoms with Gasteiger partial charge in [0.1, 0.15) is 11.4 Å². The zero-order valence-corrected chi connectivity index (χ0v) is 11.0. The van der Waals surface area contributed by atoms with Crippen molar-refractivity contribution in [2.24, 2.45) is 0 Å². The van der Waals surface area contributed by atoms with Crippen molar-refractivity contribution >= 4 is 21.9 Å². The van der Waals surface area contributed by atoms with Gasteiger partial charge in [0.05, 0.1) is 4.47 Å². The van der Waals surface area contributed by atoms with Crippen LogP contribution in [0.3, 0.4) is 0 Å². The van der Waals surface area contributed by atoms with Gasteiger partial charge in [0.15, 0.2) is 0 Å². The van der Waals surface area contributed by atoms with Gasteiger partial charge < -0.3 is 9.84 Å². The van der Waals surface area contributed by atoms with Crippen LogP contribution in [0.5, 0.6) is 5.75 Å². The van der Waals surface area contributed by atoms with Crippen molar-refractivity contribution in [3.8, 4) is 5.75 Å². The number of carboxylic acid groups (broad SMARTS) is 1. The van der Waals surface area contributed by atoms with Gasteiger partial charge >= 0.3 is 5.97 Å². The highest BCUT2D eigenvalue weighted by Crippen LogP contribution is 2.29. The number of ether oxygens (including phenoxy) is 1. The van der Waals surface area contributed by atoms with E-state index in [0.29, 0.717) is 6.42 Å². The standard InChI is InChI=1S/C12H15BrO3/c1-12(2,8-7-11(14)15)16-10-6-4-3-5-9(10)13/h3-6H,7-8H2,1-2H3,(H,14,15). The summed E-state index contributed by atoms with van der Waals surface area (Å²) in [6.07, 6.45) is 0.584. The van der Waals surface area contributed by atoms with Crippen LogP contribution in [0, 0.1) is 0 Å². The van der Waals surface area contributed by atoms with E-state index < -0.39 is 11.6 Å². The van der Waals surface area contributed by atoms with Gasteiger partial charge in [0.25, 0.3) is 0 Å². The molecule has 1 aromatic rings. The molecule has 0 aromatic heterocycles. The summed E-state index contributed by atoms with van der Waals surface area (Å²) in [6, 6.07) is 7.53. The van der Waals surface area contributed by atoms with Crippen molar-refractivity contribution in [2.75, 3.05) is 0 Å². The number of carbonyl (C=O) groups is 1. The highest BCUT2D eigenvalue weighted by Gasteiger charge is 2.21. The molecule has 0 amide bonds. The summed E-state index contributed by atoms with van der Waals surface area (Å²) >= 11 is 3.39. The Morgan fingerprint density at radius 1 is 1.44 bits per heavy atom. The number of halogens is 1. The Morgan fingerprint density at radius 3 is 2.62 bits per heavy atom. The lowest BCUT2D eigenvalue weighted by molar-refractivity contribution is -0.138. The molecule has 0 aliphatic rings. The maximum absolute atomic E-state index is 10.5. The van der Waals surface area contributed by atoms with Gasteiger partial charge in [-0.25, -0.2) is 0 Å². The summed E-state index contributed by atoms with van der Waals surface area (Å²) in [5.74, 6) is -0.0679. The highest BCUT2D eigenvalue weighted by molar-refractivity contribution is 9.10. The molecule has 0 unspecified atom stereocenters. The van der Waals surface area contributed by atoms with Crippen molar-refractivity contribution in [2.45, 2.75) is 32.3 Å². The minimum atomic E-state index is -0.802. The van der Waals surface area contributed by atoms with Gasteiger partial charge in [-0.1, -0.05) is 12.1 Å². The molecule has 0 aliphatic heterocycles. The summed E-state index contributed by atoms with van der Waals surface area (Å²) in [6.45, 7) is 3.77. The van der Waals surface area contributed by atoms with Crippen LogP contribution < -0.4 is 4.74 Å². The van der Waals surface area contributed by atoms with Gasteiger partial charge in [-0.2, -0.15) is 0 Å². The second-order valence-electron chi connectivity index (χ2n) is 4.19. The maximum Gasteiger partial charge on any atom is 0.303 e. The van der Waals surface area contributed by atoms with Crippen LogP contribution >= 0.6 is 15.9 Å². The molecule has 88 valence electrons. The van der Waals surface area contributed by atoms with Gasteiger partial charge in [0, 0.05) is 6.42 Å². The molecule has 0 radical (unpaired) electrons. The number of rotatable bonds is 5. The smallest absolute Gasteiger partial charge is 0.303 e. The van der Waals surface area contributed by atoms with Crippen LogP contribution in [0.2, 0.25) is 0 Å². The quantitative estimate of drug-likeness (QED) is 0.902. The predicted molar refractivity (Wildman–Crippen MR) is 65.7 cm³/mol. The fourth-order valence-corrected chi connectivity index (χ4v) is 1.65. The predicted octanol–water partition coefficient (Wildman–Crippen LogP) is 3.47. The van der Waals surface area contributed by atoms with Crippen molar-refractivity contribution in [1.29, 1.82) is 0 Å². The van der Waals surface area contributed by atoms with E-state index in [-0.39, 0.29) is 6.42 Å². The van der Waals surface area contributed by atoms with E-state index in [4.69, 9.17) is 9.84 Å². The third-order valence-electron chi connectivity index (χ3n) is 2.16. The summed E-state index contributed by atoms with van der Waals surface area (Å²) in [5, 5.41) is 8.63. The van der Waals surface area contributed by atoms with E-state index in [1.807, 2.05) is 38.1 Å². The second kappa shape index (κ2) is 5.34. The Bertz CT molecular complexity index is 374. The summed E-state index contributed by atoms with van der Waals surface area (Å²) in [4.78, 5) is 10.5. The van der Waals surface area contributed by atoms with Crippen LogP contribution in [0.1, 0.15) is 26.7 Å². The first kappa shape index (κ1) is 13.0. The topological polar surface area (TPSA) is 46.5 Å². The van der Waals surface area contributed by atoms with Crippen molar-refractivity contribution < 1.29 is 14.6 Å². The summed E-state index contributed by atoms with van der Waals surface area (Å²) < 4.78 is 6.65. The minimum Gasteiger partial charge on any atom is -0.487 e. The maximum atomic E-state index is 10.5. The largest absolute Gasteiger partial charge is 0.487 e. The minimum absolute atomic E-state index is 0.109. The monoisotopic (exact) mass is 286 g/mol. The molecule has 0 fully saturated rings. The van der Waals surface area contributed by atoms with E-state index in [0.717, 1.165) is 10.2 Å². The highest BCUT2D eigenvalue weighted by atomic mass is 79.9. The zero-order chi connectivity index (χ0) is 12.2.